The Morgan fingerprint density at radius 2 is 1.52 bits per heavy atom. The molecule has 4 amide bonds. The Bertz CT molecular complexity index is 1460. The van der Waals surface area contributed by atoms with Gasteiger partial charge in [-0.1, -0.05) is 48.8 Å². The second kappa shape index (κ2) is 12.9. The fourth-order valence-corrected chi connectivity index (χ4v) is 7.23. The number of nitrogens with zero attached hydrogens (tertiary/aromatic N) is 2. The highest BCUT2D eigenvalue weighted by atomic mass is 79.9. The van der Waals surface area contributed by atoms with Crippen molar-refractivity contribution in [2.45, 2.75) is 63.4 Å². The number of halogens is 1. The molecule has 42 heavy (non-hydrogen) atoms. The Labute approximate surface area is 254 Å². The van der Waals surface area contributed by atoms with Crippen LogP contribution in [-0.4, -0.2) is 73.0 Å². The number of rotatable bonds is 8. The largest absolute Gasteiger partial charge is 0.345 e. The first-order chi connectivity index (χ1) is 19.8. The van der Waals surface area contributed by atoms with E-state index in [9.17, 15) is 27.6 Å². The third-order valence-corrected chi connectivity index (χ3v) is 9.74. The number of likely N-dealkylation sites (tertiary alicyclic amines) is 1. The minimum absolute atomic E-state index is 0.0427. The van der Waals surface area contributed by atoms with Crippen molar-refractivity contribution in [1.29, 1.82) is 0 Å². The van der Waals surface area contributed by atoms with Gasteiger partial charge < -0.3 is 20.9 Å². The number of carbonyl (C=O) groups is 4. The molecule has 11 nitrogen and oxygen atoms in total. The Hall–Kier alpha value is -3.29. The van der Waals surface area contributed by atoms with Crippen LogP contribution in [0.2, 0.25) is 0 Å². The molecule has 0 aliphatic carbocycles. The standard InChI is InChI=1S/C29H36BrN5O6S/c1-29(2,3)28(39)34-16-6-9-22(34)26(37)31-18-25(36)33-21-8-4-5-11-24(21)42(40,41)35-17-7-10-23(35)27(38)32-20-14-12-19(30)13-15-20/h4-5,8,11-15,22-23H,6-7,9-10,16-18H2,1-3H3,(H,31,37)(H,32,38)(H,33,36)/t22-,23-/m0/s1. The maximum Gasteiger partial charge on any atom is 0.245 e. The predicted octanol–water partition coefficient (Wildman–Crippen LogP) is 3.33. The molecule has 0 spiro atoms. The highest BCUT2D eigenvalue weighted by Crippen LogP contribution is 2.31. The van der Waals surface area contributed by atoms with E-state index >= 15 is 0 Å². The molecule has 2 aromatic carbocycles. The van der Waals surface area contributed by atoms with Crippen LogP contribution in [0.3, 0.4) is 0 Å². The normalized spacial score (nSPS) is 19.4. The van der Waals surface area contributed by atoms with Crippen molar-refractivity contribution in [1.82, 2.24) is 14.5 Å². The molecular weight excluding hydrogens is 626 g/mol. The molecule has 0 unspecified atom stereocenters. The number of anilines is 2. The number of benzene rings is 2. The third-order valence-electron chi connectivity index (χ3n) is 7.25. The quantitative estimate of drug-likeness (QED) is 0.396. The fourth-order valence-electron chi connectivity index (χ4n) is 5.16. The van der Waals surface area contributed by atoms with Gasteiger partial charge in [-0.15, -0.1) is 0 Å². The van der Waals surface area contributed by atoms with Gasteiger partial charge >= 0.3 is 0 Å². The number of carbonyl (C=O) groups excluding carboxylic acids is 4. The minimum Gasteiger partial charge on any atom is -0.345 e. The van der Waals surface area contributed by atoms with Crippen LogP contribution in [0.1, 0.15) is 46.5 Å². The van der Waals surface area contributed by atoms with Gasteiger partial charge in [0, 0.05) is 28.7 Å². The number of hydrogen-bond acceptors (Lipinski definition) is 6. The Kier molecular flexibility index (Phi) is 9.74. The molecule has 2 aromatic rings. The summed E-state index contributed by atoms with van der Waals surface area (Å²) in [5, 5.41) is 7.95. The molecule has 226 valence electrons. The fraction of sp³-hybridized carbons (Fsp3) is 0.448. The highest BCUT2D eigenvalue weighted by molar-refractivity contribution is 9.10. The summed E-state index contributed by atoms with van der Waals surface area (Å²) in [5.41, 5.74) is -0.0459. The second-order valence-electron chi connectivity index (χ2n) is 11.4. The van der Waals surface area contributed by atoms with Crippen LogP contribution < -0.4 is 16.0 Å². The molecule has 0 bridgehead atoms. The van der Waals surface area contributed by atoms with E-state index in [1.54, 1.807) is 56.0 Å². The van der Waals surface area contributed by atoms with Crippen LogP contribution in [-0.2, 0) is 29.2 Å². The Morgan fingerprint density at radius 1 is 0.881 bits per heavy atom. The van der Waals surface area contributed by atoms with Crippen molar-refractivity contribution < 1.29 is 27.6 Å². The van der Waals surface area contributed by atoms with E-state index in [2.05, 4.69) is 31.9 Å². The molecule has 2 aliphatic rings. The molecule has 2 aliphatic heterocycles. The third kappa shape index (κ3) is 7.19. The van der Waals surface area contributed by atoms with E-state index in [1.165, 1.54) is 18.2 Å². The maximum atomic E-state index is 13.8. The van der Waals surface area contributed by atoms with Gasteiger partial charge in [0.15, 0.2) is 0 Å². The summed E-state index contributed by atoms with van der Waals surface area (Å²) in [6.07, 6.45) is 2.06. The zero-order valence-corrected chi connectivity index (χ0v) is 26.3. The van der Waals surface area contributed by atoms with Crippen LogP contribution in [0.15, 0.2) is 57.9 Å². The van der Waals surface area contributed by atoms with Gasteiger partial charge in [-0.3, -0.25) is 19.2 Å². The van der Waals surface area contributed by atoms with Gasteiger partial charge in [-0.25, -0.2) is 8.42 Å². The van der Waals surface area contributed by atoms with Crippen LogP contribution in [0.25, 0.3) is 0 Å². The van der Waals surface area contributed by atoms with Crippen molar-refractivity contribution in [3.8, 4) is 0 Å². The first kappa shape index (κ1) is 31.6. The molecular formula is C29H36BrN5O6S. The average molecular weight is 663 g/mol. The maximum absolute atomic E-state index is 13.8. The number of hydrogen-bond donors (Lipinski definition) is 3. The van der Waals surface area contributed by atoms with Crippen molar-refractivity contribution in [3.63, 3.8) is 0 Å². The lowest BCUT2D eigenvalue weighted by atomic mass is 9.94. The molecule has 13 heteroatoms. The lowest BCUT2D eigenvalue weighted by Crippen LogP contribution is -2.50. The van der Waals surface area contributed by atoms with Gasteiger partial charge in [-0.05, 0) is 62.1 Å². The van der Waals surface area contributed by atoms with Crippen molar-refractivity contribution in [3.05, 3.63) is 53.0 Å². The second-order valence-corrected chi connectivity index (χ2v) is 14.2. The van der Waals surface area contributed by atoms with Crippen molar-refractivity contribution >= 4 is 61.0 Å². The van der Waals surface area contributed by atoms with Crippen molar-refractivity contribution in [2.24, 2.45) is 5.41 Å². The van der Waals surface area contributed by atoms with Gasteiger partial charge in [0.2, 0.25) is 33.7 Å². The lowest BCUT2D eigenvalue weighted by Gasteiger charge is -2.30. The van der Waals surface area contributed by atoms with Gasteiger partial charge in [0.25, 0.3) is 0 Å². The Morgan fingerprint density at radius 3 is 2.21 bits per heavy atom. The summed E-state index contributed by atoms with van der Waals surface area (Å²) in [7, 11) is -4.16. The monoisotopic (exact) mass is 661 g/mol. The van der Waals surface area contributed by atoms with E-state index in [4.69, 9.17) is 0 Å². The van der Waals surface area contributed by atoms with Crippen LogP contribution in [0.4, 0.5) is 11.4 Å². The molecule has 4 rings (SSSR count). The van der Waals surface area contributed by atoms with E-state index in [0.29, 0.717) is 37.9 Å². The number of sulfonamides is 1. The lowest BCUT2D eigenvalue weighted by molar-refractivity contribution is -0.144. The van der Waals surface area contributed by atoms with Gasteiger partial charge in [0.05, 0.1) is 12.2 Å². The highest BCUT2D eigenvalue weighted by Gasteiger charge is 2.41. The Balaban J connectivity index is 1.42. The summed E-state index contributed by atoms with van der Waals surface area (Å²) in [5.74, 6) is -1.62. The summed E-state index contributed by atoms with van der Waals surface area (Å²) in [6, 6.07) is 11.4. The molecule has 2 atom stereocenters. The number of nitrogens with one attached hydrogen (secondary N) is 3. The van der Waals surface area contributed by atoms with E-state index < -0.39 is 51.8 Å². The first-order valence-electron chi connectivity index (χ1n) is 13.8. The summed E-state index contributed by atoms with van der Waals surface area (Å²) < 4.78 is 29.5. The zero-order valence-electron chi connectivity index (χ0n) is 23.9. The summed E-state index contributed by atoms with van der Waals surface area (Å²) in [4.78, 5) is 52.9. The van der Waals surface area contributed by atoms with Crippen LogP contribution >= 0.6 is 15.9 Å². The van der Waals surface area contributed by atoms with Crippen LogP contribution in [0, 0.1) is 5.41 Å². The average Bonchev–Trinajstić information content (AvgIpc) is 3.63. The smallest absolute Gasteiger partial charge is 0.245 e. The molecule has 2 fully saturated rings. The summed E-state index contributed by atoms with van der Waals surface area (Å²) >= 11 is 3.34. The predicted molar refractivity (Wildman–Crippen MR) is 162 cm³/mol. The summed E-state index contributed by atoms with van der Waals surface area (Å²) in [6.45, 7) is 5.61. The van der Waals surface area contributed by atoms with E-state index in [0.717, 1.165) is 8.78 Å². The van der Waals surface area contributed by atoms with E-state index in [-0.39, 0.29) is 23.0 Å². The number of para-hydroxylation sites is 1. The molecule has 0 saturated carbocycles. The minimum atomic E-state index is -4.16. The van der Waals surface area contributed by atoms with Crippen LogP contribution in [0.5, 0.6) is 0 Å². The molecule has 0 radical (unpaired) electrons. The van der Waals surface area contributed by atoms with Crippen molar-refractivity contribution in [2.75, 3.05) is 30.3 Å². The molecule has 2 saturated heterocycles. The van der Waals surface area contributed by atoms with Gasteiger partial charge in [0.1, 0.15) is 17.0 Å². The molecule has 2 heterocycles. The molecule has 0 aromatic heterocycles. The van der Waals surface area contributed by atoms with E-state index in [1.807, 2.05) is 0 Å². The topological polar surface area (TPSA) is 145 Å². The molecule has 3 N–H and O–H groups in total. The van der Waals surface area contributed by atoms with Gasteiger partial charge in [-0.2, -0.15) is 4.31 Å². The SMILES string of the molecule is CC(C)(C)C(=O)N1CCC[C@H]1C(=O)NCC(=O)Nc1ccccc1S(=O)(=O)N1CCC[C@H]1C(=O)Nc1ccc(Br)cc1. The zero-order chi connectivity index (χ0) is 30.7. The first-order valence-corrected chi connectivity index (χ1v) is 16.1. The number of amides is 4.